The molecule has 0 radical (unpaired) electrons. The van der Waals surface area contributed by atoms with E-state index in [4.69, 9.17) is 15.1 Å². The molecule has 2 unspecified atom stereocenters. The van der Waals surface area contributed by atoms with E-state index in [1.54, 1.807) is 31.3 Å². The third kappa shape index (κ3) is 2.41. The number of nitriles is 1. The van der Waals surface area contributed by atoms with Crippen LogP contribution in [0.4, 0.5) is 0 Å². The maximum absolute atomic E-state index is 11.6. The van der Waals surface area contributed by atoms with Crippen molar-refractivity contribution in [3.8, 4) is 6.07 Å². The molecule has 1 aromatic rings. The van der Waals surface area contributed by atoms with Gasteiger partial charge in [-0.05, 0) is 17.7 Å². The first-order valence-electron chi connectivity index (χ1n) is 5.64. The first kappa shape index (κ1) is 13.1. The monoisotopic (exact) mass is 260 g/mol. The smallest absolute Gasteiger partial charge is 0.335 e. The van der Waals surface area contributed by atoms with Crippen molar-refractivity contribution in [3.05, 3.63) is 35.4 Å². The van der Waals surface area contributed by atoms with Gasteiger partial charge in [0.2, 0.25) is 5.91 Å². The van der Waals surface area contributed by atoms with E-state index in [0.29, 0.717) is 11.1 Å². The second-order valence-electron chi connectivity index (χ2n) is 4.25. The zero-order valence-corrected chi connectivity index (χ0v) is 10.2. The number of nitrogens with zero attached hydrogens (tertiary/aromatic N) is 2. The molecule has 0 bridgehead atoms. The van der Waals surface area contributed by atoms with Crippen molar-refractivity contribution >= 4 is 11.9 Å². The van der Waals surface area contributed by atoms with E-state index in [1.807, 2.05) is 6.07 Å². The maximum atomic E-state index is 11.6. The van der Waals surface area contributed by atoms with Gasteiger partial charge in [0.1, 0.15) is 6.61 Å². The van der Waals surface area contributed by atoms with Gasteiger partial charge in [-0.3, -0.25) is 4.79 Å². The van der Waals surface area contributed by atoms with Gasteiger partial charge in [-0.15, -0.1) is 0 Å². The minimum absolute atomic E-state index is 0.236. The number of aliphatic carboxylic acids is 1. The van der Waals surface area contributed by atoms with Crippen LogP contribution in [0, 0.1) is 11.3 Å². The molecule has 1 fully saturated rings. The first-order valence-corrected chi connectivity index (χ1v) is 5.64. The van der Waals surface area contributed by atoms with E-state index in [1.165, 1.54) is 4.90 Å². The number of likely N-dealkylation sites (N-methyl/N-ethyl adjacent to an activating group) is 1. The lowest BCUT2D eigenvalue weighted by molar-refractivity contribution is -0.171. The van der Waals surface area contributed by atoms with Crippen molar-refractivity contribution in [2.24, 2.45) is 0 Å². The highest BCUT2D eigenvalue weighted by atomic mass is 16.5. The summed E-state index contributed by atoms with van der Waals surface area (Å²) in [5.41, 5.74) is 1.10. The molecule has 0 aromatic heterocycles. The number of ether oxygens (including phenoxy) is 1. The Balaban J connectivity index is 2.38. The van der Waals surface area contributed by atoms with Gasteiger partial charge in [-0.2, -0.15) is 5.26 Å². The minimum Gasteiger partial charge on any atom is -0.479 e. The molecule has 6 heteroatoms. The number of carbonyl (C=O) groups excluding carboxylic acids is 1. The van der Waals surface area contributed by atoms with Crippen LogP contribution in [-0.2, 0) is 14.3 Å². The molecule has 0 aliphatic carbocycles. The number of rotatable bonds is 2. The van der Waals surface area contributed by atoms with E-state index in [0.717, 1.165) is 0 Å². The molecule has 19 heavy (non-hydrogen) atoms. The highest BCUT2D eigenvalue weighted by molar-refractivity contribution is 5.82. The Hall–Kier alpha value is -2.39. The van der Waals surface area contributed by atoms with Gasteiger partial charge in [-0.25, -0.2) is 4.79 Å². The fourth-order valence-electron chi connectivity index (χ4n) is 2.07. The average Bonchev–Trinajstić information content (AvgIpc) is 2.41. The van der Waals surface area contributed by atoms with Crippen molar-refractivity contribution in [1.29, 1.82) is 5.26 Å². The lowest BCUT2D eigenvalue weighted by Gasteiger charge is -2.37. The van der Waals surface area contributed by atoms with Crippen LogP contribution in [0.25, 0.3) is 0 Å². The second kappa shape index (κ2) is 5.08. The molecule has 1 N–H and O–H groups in total. The summed E-state index contributed by atoms with van der Waals surface area (Å²) in [6.45, 7) is -0.236. The molecule has 6 nitrogen and oxygen atoms in total. The van der Waals surface area contributed by atoms with Gasteiger partial charge in [0.25, 0.3) is 0 Å². The van der Waals surface area contributed by atoms with Gasteiger partial charge in [-0.1, -0.05) is 12.1 Å². The van der Waals surface area contributed by atoms with Crippen LogP contribution in [0.2, 0.25) is 0 Å². The van der Waals surface area contributed by atoms with E-state index in [2.05, 4.69) is 0 Å². The van der Waals surface area contributed by atoms with Crippen LogP contribution in [0.5, 0.6) is 0 Å². The van der Waals surface area contributed by atoms with E-state index in [9.17, 15) is 9.59 Å². The molecule has 0 spiro atoms. The number of carbonyl (C=O) groups is 2. The highest BCUT2D eigenvalue weighted by Crippen LogP contribution is 2.29. The van der Waals surface area contributed by atoms with Crippen molar-refractivity contribution < 1.29 is 19.4 Å². The zero-order chi connectivity index (χ0) is 14.0. The summed E-state index contributed by atoms with van der Waals surface area (Å²) in [7, 11) is 1.55. The van der Waals surface area contributed by atoms with Gasteiger partial charge in [0.15, 0.2) is 6.10 Å². The predicted molar refractivity (Wildman–Crippen MR) is 64.0 cm³/mol. The normalized spacial score (nSPS) is 22.9. The lowest BCUT2D eigenvalue weighted by Crippen LogP contribution is -2.50. The summed E-state index contributed by atoms with van der Waals surface area (Å²) in [6, 6.07) is 7.74. The quantitative estimate of drug-likeness (QED) is 0.838. The average molecular weight is 260 g/mol. The largest absolute Gasteiger partial charge is 0.479 e. The number of morpholine rings is 1. The summed E-state index contributed by atoms with van der Waals surface area (Å²) in [5.74, 6) is -1.39. The molecule has 2 atom stereocenters. The van der Waals surface area contributed by atoms with Crippen LogP contribution < -0.4 is 0 Å². The molecule has 1 aliphatic rings. The standard InChI is InChI=1S/C13H12N2O4/c1-15-10(16)7-19-12(13(17)18)11(15)9-4-2-8(6-14)3-5-9/h2-5,11-12H,7H2,1H3,(H,17,18). The number of benzene rings is 1. The summed E-state index contributed by atoms with van der Waals surface area (Å²) in [5, 5.41) is 17.9. The first-order chi connectivity index (χ1) is 9.04. The number of amides is 1. The molecule has 98 valence electrons. The predicted octanol–water partition coefficient (Wildman–Crippen LogP) is 0.541. The molecule has 2 rings (SSSR count). The van der Waals surface area contributed by atoms with Crippen LogP contribution in [0.15, 0.2) is 24.3 Å². The Morgan fingerprint density at radius 1 is 1.47 bits per heavy atom. The number of hydrogen-bond donors (Lipinski definition) is 1. The Labute approximate surface area is 109 Å². The van der Waals surface area contributed by atoms with Crippen LogP contribution in [0.1, 0.15) is 17.2 Å². The number of hydrogen-bond acceptors (Lipinski definition) is 4. The Kier molecular flexibility index (Phi) is 3.49. The van der Waals surface area contributed by atoms with Gasteiger partial charge < -0.3 is 14.7 Å². The van der Waals surface area contributed by atoms with E-state index in [-0.39, 0.29) is 12.5 Å². The molecular formula is C13H12N2O4. The lowest BCUT2D eigenvalue weighted by atomic mass is 9.97. The Morgan fingerprint density at radius 3 is 2.63 bits per heavy atom. The van der Waals surface area contributed by atoms with Gasteiger partial charge in [0.05, 0.1) is 17.7 Å². The van der Waals surface area contributed by atoms with Crippen molar-refractivity contribution in [2.75, 3.05) is 13.7 Å². The Bertz CT molecular complexity index is 547. The third-order valence-electron chi connectivity index (χ3n) is 3.11. The SMILES string of the molecule is CN1C(=O)COC(C(=O)O)C1c1ccc(C#N)cc1. The van der Waals surface area contributed by atoms with Crippen LogP contribution in [0.3, 0.4) is 0 Å². The molecular weight excluding hydrogens is 248 g/mol. The third-order valence-corrected chi connectivity index (χ3v) is 3.11. The zero-order valence-electron chi connectivity index (χ0n) is 10.2. The highest BCUT2D eigenvalue weighted by Gasteiger charge is 2.39. The van der Waals surface area contributed by atoms with E-state index < -0.39 is 18.1 Å². The molecule has 1 aliphatic heterocycles. The molecule has 1 aromatic carbocycles. The van der Waals surface area contributed by atoms with E-state index >= 15 is 0 Å². The van der Waals surface area contributed by atoms with Crippen LogP contribution in [-0.4, -0.2) is 41.6 Å². The molecule has 0 saturated carbocycles. The van der Waals surface area contributed by atoms with Crippen molar-refractivity contribution in [1.82, 2.24) is 4.90 Å². The topological polar surface area (TPSA) is 90.6 Å². The second-order valence-corrected chi connectivity index (χ2v) is 4.25. The summed E-state index contributed by atoms with van der Waals surface area (Å²) in [4.78, 5) is 24.2. The Morgan fingerprint density at radius 2 is 2.11 bits per heavy atom. The number of carboxylic acids is 1. The van der Waals surface area contributed by atoms with Crippen LogP contribution >= 0.6 is 0 Å². The maximum Gasteiger partial charge on any atom is 0.335 e. The van der Waals surface area contributed by atoms with Gasteiger partial charge >= 0.3 is 5.97 Å². The van der Waals surface area contributed by atoms with Crippen molar-refractivity contribution in [2.45, 2.75) is 12.1 Å². The van der Waals surface area contributed by atoms with Gasteiger partial charge in [0, 0.05) is 7.05 Å². The summed E-state index contributed by atoms with van der Waals surface area (Å²) >= 11 is 0. The molecule has 1 heterocycles. The fraction of sp³-hybridized carbons (Fsp3) is 0.308. The fourth-order valence-corrected chi connectivity index (χ4v) is 2.07. The number of carboxylic acid groups (broad SMARTS) is 1. The summed E-state index contributed by atoms with van der Waals surface area (Å²) < 4.78 is 5.09. The van der Waals surface area contributed by atoms with Crippen molar-refractivity contribution in [3.63, 3.8) is 0 Å². The minimum atomic E-state index is -1.12. The molecule has 1 amide bonds. The summed E-state index contributed by atoms with van der Waals surface area (Å²) in [6.07, 6.45) is -1.10. The molecule has 1 saturated heterocycles.